The van der Waals surface area contributed by atoms with E-state index >= 15 is 0 Å². The summed E-state index contributed by atoms with van der Waals surface area (Å²) in [7, 11) is 0. The Bertz CT molecular complexity index is 241. The van der Waals surface area contributed by atoms with Crippen molar-refractivity contribution < 1.29 is 14.6 Å². The van der Waals surface area contributed by atoms with Crippen LogP contribution in [0.2, 0.25) is 0 Å². The first kappa shape index (κ1) is 8.96. The molecule has 0 saturated carbocycles. The highest BCUT2D eigenvalue weighted by atomic mass is 16.3. The number of aliphatic hydroxyl groups excluding tert-OH is 2. The van der Waals surface area contributed by atoms with Crippen LogP contribution in [0.25, 0.3) is 6.08 Å². The summed E-state index contributed by atoms with van der Waals surface area (Å²) in [6.45, 7) is 1.51. The molecule has 2 unspecified atom stereocenters. The van der Waals surface area contributed by atoms with Crippen molar-refractivity contribution in [2.75, 3.05) is 0 Å². The first-order valence-corrected chi connectivity index (χ1v) is 3.62. The van der Waals surface area contributed by atoms with Crippen molar-refractivity contribution >= 4 is 6.08 Å². The molecule has 12 heavy (non-hydrogen) atoms. The highest BCUT2D eigenvalue weighted by Crippen LogP contribution is 2.01. The molecule has 0 fully saturated rings. The molecule has 1 heterocycles. The van der Waals surface area contributed by atoms with Crippen molar-refractivity contribution in [3.05, 3.63) is 24.4 Å². The molecular formula is C8H11NO3. The predicted octanol–water partition coefficient (Wildman–Crippen LogP) is 0.429. The van der Waals surface area contributed by atoms with Gasteiger partial charge in [0.25, 0.3) is 0 Å². The highest BCUT2D eigenvalue weighted by Gasteiger charge is 2.05. The molecule has 2 atom stereocenters. The van der Waals surface area contributed by atoms with Crippen LogP contribution in [0.3, 0.4) is 0 Å². The first-order valence-electron chi connectivity index (χ1n) is 3.62. The lowest BCUT2D eigenvalue weighted by atomic mass is 10.2. The molecule has 0 radical (unpaired) electrons. The molecule has 0 aliphatic heterocycles. The summed E-state index contributed by atoms with van der Waals surface area (Å²) in [4.78, 5) is 3.80. The first-order chi connectivity index (χ1) is 5.70. The molecule has 0 bridgehead atoms. The van der Waals surface area contributed by atoms with E-state index in [1.54, 1.807) is 6.08 Å². The maximum Gasteiger partial charge on any atom is 0.181 e. The largest absolute Gasteiger partial charge is 0.451 e. The van der Waals surface area contributed by atoms with Gasteiger partial charge in [-0.05, 0) is 13.0 Å². The number of aliphatic hydroxyl groups is 2. The Balaban J connectivity index is 2.51. The summed E-state index contributed by atoms with van der Waals surface area (Å²) in [5.41, 5.74) is 0.620. The number of aromatic nitrogens is 1. The fourth-order valence-electron chi connectivity index (χ4n) is 0.662. The van der Waals surface area contributed by atoms with E-state index in [0.717, 1.165) is 0 Å². The average molecular weight is 169 g/mol. The van der Waals surface area contributed by atoms with Gasteiger partial charge in [0.05, 0.1) is 12.2 Å². The van der Waals surface area contributed by atoms with E-state index in [2.05, 4.69) is 4.98 Å². The van der Waals surface area contributed by atoms with Crippen molar-refractivity contribution in [3.63, 3.8) is 0 Å². The van der Waals surface area contributed by atoms with Gasteiger partial charge in [0.2, 0.25) is 0 Å². The zero-order chi connectivity index (χ0) is 8.97. The Kier molecular flexibility index (Phi) is 3.01. The van der Waals surface area contributed by atoms with Crippen LogP contribution in [-0.4, -0.2) is 27.4 Å². The minimum atomic E-state index is -0.860. The van der Waals surface area contributed by atoms with Gasteiger partial charge >= 0.3 is 0 Å². The van der Waals surface area contributed by atoms with Crippen LogP contribution in [0.5, 0.6) is 0 Å². The van der Waals surface area contributed by atoms with E-state index in [1.165, 1.54) is 25.7 Å². The minimum absolute atomic E-state index is 0.620. The number of hydrogen-bond acceptors (Lipinski definition) is 4. The molecular weight excluding hydrogens is 158 g/mol. The van der Waals surface area contributed by atoms with Gasteiger partial charge in [-0.3, -0.25) is 0 Å². The third-order valence-corrected chi connectivity index (χ3v) is 1.41. The SMILES string of the molecule is CC(O)C(O)C=Cc1cocn1. The topological polar surface area (TPSA) is 66.5 Å². The summed E-state index contributed by atoms with van der Waals surface area (Å²) in [5, 5.41) is 18.0. The van der Waals surface area contributed by atoms with Gasteiger partial charge in [0.15, 0.2) is 6.39 Å². The quantitative estimate of drug-likeness (QED) is 0.688. The second-order valence-electron chi connectivity index (χ2n) is 2.50. The van der Waals surface area contributed by atoms with E-state index in [4.69, 9.17) is 14.6 Å². The summed E-state index contributed by atoms with van der Waals surface area (Å²) >= 11 is 0. The molecule has 0 saturated heterocycles. The van der Waals surface area contributed by atoms with Crippen LogP contribution < -0.4 is 0 Å². The maximum atomic E-state index is 9.13. The van der Waals surface area contributed by atoms with Crippen LogP contribution in [0.1, 0.15) is 12.6 Å². The fraction of sp³-hybridized carbons (Fsp3) is 0.375. The number of oxazole rings is 1. The van der Waals surface area contributed by atoms with Crippen LogP contribution in [0.15, 0.2) is 23.1 Å². The molecule has 0 aliphatic rings. The summed E-state index contributed by atoms with van der Waals surface area (Å²) in [6.07, 6.45) is 4.16. The zero-order valence-corrected chi connectivity index (χ0v) is 6.71. The normalized spacial score (nSPS) is 16.6. The van der Waals surface area contributed by atoms with Gasteiger partial charge < -0.3 is 14.6 Å². The molecule has 0 amide bonds. The Labute approximate surface area is 70.2 Å². The molecule has 0 aromatic carbocycles. The molecule has 1 rings (SSSR count). The summed E-state index contributed by atoms with van der Waals surface area (Å²) < 4.78 is 4.70. The summed E-state index contributed by atoms with van der Waals surface area (Å²) in [5.74, 6) is 0. The van der Waals surface area contributed by atoms with E-state index in [1.807, 2.05) is 0 Å². The molecule has 4 nitrogen and oxygen atoms in total. The van der Waals surface area contributed by atoms with Crippen LogP contribution in [-0.2, 0) is 0 Å². The molecule has 0 aliphatic carbocycles. The van der Waals surface area contributed by atoms with Crippen molar-refractivity contribution in [2.24, 2.45) is 0 Å². The maximum absolute atomic E-state index is 9.13. The smallest absolute Gasteiger partial charge is 0.181 e. The Morgan fingerprint density at radius 2 is 2.33 bits per heavy atom. The van der Waals surface area contributed by atoms with E-state index in [9.17, 15) is 0 Å². The standard InChI is InChI=1S/C8H11NO3/c1-6(10)8(11)3-2-7-4-12-5-9-7/h2-6,8,10-11H,1H3. The molecule has 4 heteroatoms. The van der Waals surface area contributed by atoms with Gasteiger partial charge in [-0.25, -0.2) is 4.98 Å². The third kappa shape index (κ3) is 2.48. The fourth-order valence-corrected chi connectivity index (χ4v) is 0.662. The zero-order valence-electron chi connectivity index (χ0n) is 6.71. The van der Waals surface area contributed by atoms with E-state index in [0.29, 0.717) is 5.69 Å². The Hall–Kier alpha value is -1.13. The Morgan fingerprint density at radius 3 is 2.83 bits per heavy atom. The van der Waals surface area contributed by atoms with Crippen molar-refractivity contribution in [1.29, 1.82) is 0 Å². The lowest BCUT2D eigenvalue weighted by Crippen LogP contribution is -2.19. The predicted molar refractivity (Wildman–Crippen MR) is 43.2 cm³/mol. The second-order valence-corrected chi connectivity index (χ2v) is 2.50. The van der Waals surface area contributed by atoms with Gasteiger partial charge in [-0.2, -0.15) is 0 Å². The van der Waals surface area contributed by atoms with Crippen molar-refractivity contribution in [3.8, 4) is 0 Å². The van der Waals surface area contributed by atoms with Gasteiger partial charge in [0, 0.05) is 0 Å². The van der Waals surface area contributed by atoms with Gasteiger partial charge in [0.1, 0.15) is 12.0 Å². The summed E-state index contributed by atoms with van der Waals surface area (Å²) in [6, 6.07) is 0. The molecule has 66 valence electrons. The number of hydrogen-bond donors (Lipinski definition) is 2. The average Bonchev–Trinajstić information content (AvgIpc) is 2.51. The number of rotatable bonds is 3. The lowest BCUT2D eigenvalue weighted by Gasteiger charge is -2.06. The molecule has 0 spiro atoms. The van der Waals surface area contributed by atoms with E-state index in [-0.39, 0.29) is 0 Å². The van der Waals surface area contributed by atoms with Crippen LogP contribution in [0.4, 0.5) is 0 Å². The minimum Gasteiger partial charge on any atom is -0.451 e. The van der Waals surface area contributed by atoms with Crippen LogP contribution >= 0.6 is 0 Å². The molecule has 2 N–H and O–H groups in total. The third-order valence-electron chi connectivity index (χ3n) is 1.41. The molecule has 1 aromatic heterocycles. The van der Waals surface area contributed by atoms with Gasteiger partial charge in [-0.15, -0.1) is 0 Å². The molecule has 1 aromatic rings. The van der Waals surface area contributed by atoms with E-state index < -0.39 is 12.2 Å². The monoisotopic (exact) mass is 169 g/mol. The van der Waals surface area contributed by atoms with Crippen molar-refractivity contribution in [1.82, 2.24) is 4.98 Å². The second kappa shape index (κ2) is 4.04. The lowest BCUT2D eigenvalue weighted by molar-refractivity contribution is 0.0624. The highest BCUT2D eigenvalue weighted by molar-refractivity contribution is 5.42. The van der Waals surface area contributed by atoms with Crippen LogP contribution in [0, 0.1) is 0 Å². The van der Waals surface area contributed by atoms with Crippen molar-refractivity contribution in [2.45, 2.75) is 19.1 Å². The van der Waals surface area contributed by atoms with Gasteiger partial charge in [-0.1, -0.05) is 6.08 Å². The Morgan fingerprint density at radius 1 is 1.58 bits per heavy atom. The number of nitrogens with zero attached hydrogens (tertiary/aromatic N) is 1.